The molecule has 4 rings (SSSR count). The van der Waals surface area contributed by atoms with Crippen LogP contribution in [0.25, 0.3) is 0 Å². The van der Waals surface area contributed by atoms with Gasteiger partial charge in [-0.1, -0.05) is 0 Å². The van der Waals surface area contributed by atoms with Gasteiger partial charge < -0.3 is 23.6 Å². The van der Waals surface area contributed by atoms with Crippen LogP contribution in [0.4, 0.5) is 0 Å². The summed E-state index contributed by atoms with van der Waals surface area (Å²) < 4.78 is 16.0. The molecule has 2 aromatic rings. The summed E-state index contributed by atoms with van der Waals surface area (Å²) in [6, 6.07) is 5.67. The molecule has 1 amide bonds. The van der Waals surface area contributed by atoms with Gasteiger partial charge in [0.15, 0.2) is 11.5 Å². The fourth-order valence-corrected chi connectivity index (χ4v) is 3.47. The molecule has 2 aromatic heterocycles. The molecular weight excluding hydrogens is 352 g/mol. The van der Waals surface area contributed by atoms with E-state index in [4.69, 9.17) is 13.6 Å². The highest BCUT2D eigenvalue weighted by atomic mass is 16.5. The Balaban J connectivity index is 1.62. The van der Waals surface area contributed by atoms with E-state index in [0.717, 1.165) is 13.1 Å². The van der Waals surface area contributed by atoms with Gasteiger partial charge >= 0.3 is 0 Å². The van der Waals surface area contributed by atoms with Crippen molar-refractivity contribution < 1.29 is 28.3 Å². The maximum atomic E-state index is 12.9. The third kappa shape index (κ3) is 3.29. The van der Waals surface area contributed by atoms with Gasteiger partial charge in [-0.15, -0.1) is 0 Å². The second-order valence-corrected chi connectivity index (χ2v) is 6.44. The Morgan fingerprint density at radius 1 is 1.11 bits per heavy atom. The van der Waals surface area contributed by atoms with Crippen molar-refractivity contribution in [2.75, 3.05) is 39.4 Å². The highest BCUT2D eigenvalue weighted by Gasteiger charge is 2.45. The third-order valence-corrected chi connectivity index (χ3v) is 4.87. The van der Waals surface area contributed by atoms with Crippen LogP contribution in [0.15, 0.2) is 57.0 Å². The van der Waals surface area contributed by atoms with E-state index >= 15 is 0 Å². The minimum atomic E-state index is -0.786. The van der Waals surface area contributed by atoms with Crippen LogP contribution in [0, 0.1) is 0 Å². The van der Waals surface area contributed by atoms with Gasteiger partial charge in [0.25, 0.3) is 5.91 Å². The summed E-state index contributed by atoms with van der Waals surface area (Å²) in [6.45, 7) is 3.84. The smallest absolute Gasteiger partial charge is 0.290 e. The van der Waals surface area contributed by atoms with Gasteiger partial charge in [-0.3, -0.25) is 14.5 Å². The summed E-state index contributed by atoms with van der Waals surface area (Å²) in [7, 11) is 0. The van der Waals surface area contributed by atoms with E-state index in [2.05, 4.69) is 4.90 Å². The molecule has 0 bridgehead atoms. The molecule has 0 radical (unpaired) electrons. The fourth-order valence-electron chi connectivity index (χ4n) is 3.47. The zero-order valence-electron chi connectivity index (χ0n) is 14.7. The van der Waals surface area contributed by atoms with Crippen molar-refractivity contribution in [3.63, 3.8) is 0 Å². The molecule has 0 spiro atoms. The van der Waals surface area contributed by atoms with Gasteiger partial charge in [0, 0.05) is 26.2 Å². The first kappa shape index (κ1) is 17.6. The normalized spacial score (nSPS) is 21.3. The number of aliphatic hydroxyl groups excluding tert-OH is 1. The fraction of sp³-hybridized carbons (Fsp3) is 0.368. The first-order chi connectivity index (χ1) is 13.2. The first-order valence-electron chi connectivity index (χ1n) is 8.82. The summed E-state index contributed by atoms with van der Waals surface area (Å²) >= 11 is 0. The minimum absolute atomic E-state index is 0.0214. The number of furan rings is 2. The molecule has 142 valence electrons. The van der Waals surface area contributed by atoms with Crippen molar-refractivity contribution >= 4 is 11.7 Å². The second-order valence-electron chi connectivity index (χ2n) is 6.44. The van der Waals surface area contributed by atoms with Crippen LogP contribution < -0.4 is 0 Å². The Morgan fingerprint density at radius 3 is 2.52 bits per heavy atom. The molecule has 2 aliphatic rings. The summed E-state index contributed by atoms with van der Waals surface area (Å²) in [5.74, 6) is -1.18. The maximum absolute atomic E-state index is 12.9. The van der Waals surface area contributed by atoms with Crippen molar-refractivity contribution in [2.45, 2.75) is 6.04 Å². The van der Waals surface area contributed by atoms with Crippen LogP contribution in [0.3, 0.4) is 0 Å². The first-order valence-corrected chi connectivity index (χ1v) is 8.82. The number of amides is 1. The Labute approximate surface area is 155 Å². The number of hydrogen-bond donors (Lipinski definition) is 1. The van der Waals surface area contributed by atoms with Gasteiger partial charge in [0.1, 0.15) is 11.8 Å². The predicted octanol–water partition coefficient (Wildman–Crippen LogP) is 1.78. The van der Waals surface area contributed by atoms with E-state index in [-0.39, 0.29) is 11.3 Å². The molecule has 0 aromatic carbocycles. The Morgan fingerprint density at radius 2 is 1.85 bits per heavy atom. The van der Waals surface area contributed by atoms with Crippen molar-refractivity contribution in [2.24, 2.45) is 0 Å². The second kappa shape index (κ2) is 7.42. The van der Waals surface area contributed by atoms with Crippen molar-refractivity contribution in [3.05, 3.63) is 59.6 Å². The number of nitrogens with zero attached hydrogens (tertiary/aromatic N) is 2. The average molecular weight is 372 g/mol. The molecule has 0 saturated carbocycles. The Bertz CT molecular complexity index is 834. The van der Waals surface area contributed by atoms with Crippen LogP contribution >= 0.6 is 0 Å². The molecule has 1 saturated heterocycles. The van der Waals surface area contributed by atoms with E-state index < -0.39 is 23.5 Å². The Hall–Kier alpha value is -2.84. The molecule has 1 atom stereocenters. The highest BCUT2D eigenvalue weighted by molar-refractivity contribution is 6.14. The van der Waals surface area contributed by atoms with Gasteiger partial charge in [-0.25, -0.2) is 0 Å². The molecule has 0 aliphatic carbocycles. The van der Waals surface area contributed by atoms with Crippen LogP contribution in [0.5, 0.6) is 0 Å². The number of aliphatic hydroxyl groups is 1. The molecule has 8 heteroatoms. The SMILES string of the molecule is O=C(C1=C(O)C(=O)N(CCN2CCOCC2)[C@H]1c1ccco1)c1ccco1. The number of Topliss-reactive ketones (excluding diaryl/α,β-unsaturated/α-hetero) is 1. The predicted molar refractivity (Wildman–Crippen MR) is 93.1 cm³/mol. The molecule has 1 fully saturated rings. The summed E-state index contributed by atoms with van der Waals surface area (Å²) in [6.07, 6.45) is 2.85. The van der Waals surface area contributed by atoms with Crippen molar-refractivity contribution in [1.82, 2.24) is 9.80 Å². The van der Waals surface area contributed by atoms with Gasteiger partial charge in [0.05, 0.1) is 31.3 Å². The number of carbonyl (C=O) groups is 2. The molecule has 2 aliphatic heterocycles. The average Bonchev–Trinajstić information content (AvgIpc) is 3.43. The molecule has 8 nitrogen and oxygen atoms in total. The topological polar surface area (TPSA) is 96.4 Å². The van der Waals surface area contributed by atoms with Gasteiger partial charge in [0.2, 0.25) is 5.78 Å². The third-order valence-electron chi connectivity index (χ3n) is 4.87. The zero-order valence-corrected chi connectivity index (χ0v) is 14.7. The Kier molecular flexibility index (Phi) is 4.83. The summed E-state index contributed by atoms with van der Waals surface area (Å²) in [5, 5.41) is 10.5. The number of rotatable bonds is 6. The minimum Gasteiger partial charge on any atom is -0.503 e. The number of morpholine rings is 1. The number of carbonyl (C=O) groups excluding carboxylic acids is 2. The molecule has 1 N–H and O–H groups in total. The largest absolute Gasteiger partial charge is 0.503 e. The van der Waals surface area contributed by atoms with Crippen molar-refractivity contribution in [1.29, 1.82) is 0 Å². The molecule has 0 unspecified atom stereocenters. The molecule has 4 heterocycles. The van der Waals surface area contributed by atoms with E-state index in [1.165, 1.54) is 23.5 Å². The quantitative estimate of drug-likeness (QED) is 0.772. The van der Waals surface area contributed by atoms with E-state index in [9.17, 15) is 14.7 Å². The standard InChI is InChI=1S/C19H20N2O6/c22-17(14-4-2-10-27-14)15-16(13-3-1-9-26-13)21(19(24)18(15)23)6-5-20-7-11-25-12-8-20/h1-4,9-10,16,23H,5-8,11-12H2/t16-/m0/s1. The lowest BCUT2D eigenvalue weighted by molar-refractivity contribution is -0.130. The van der Waals surface area contributed by atoms with E-state index in [0.29, 0.717) is 32.1 Å². The number of ketones is 1. The van der Waals surface area contributed by atoms with Gasteiger partial charge in [-0.2, -0.15) is 0 Å². The van der Waals surface area contributed by atoms with E-state index in [1.807, 2.05) is 0 Å². The van der Waals surface area contributed by atoms with Crippen LogP contribution in [0.2, 0.25) is 0 Å². The number of ether oxygens (including phenoxy) is 1. The number of hydrogen-bond acceptors (Lipinski definition) is 7. The summed E-state index contributed by atoms with van der Waals surface area (Å²) in [4.78, 5) is 29.2. The van der Waals surface area contributed by atoms with Crippen LogP contribution in [0.1, 0.15) is 22.4 Å². The summed E-state index contributed by atoms with van der Waals surface area (Å²) in [5.41, 5.74) is -0.0214. The van der Waals surface area contributed by atoms with Crippen LogP contribution in [-0.4, -0.2) is 66.0 Å². The lowest BCUT2D eigenvalue weighted by atomic mass is 10.00. The van der Waals surface area contributed by atoms with Gasteiger partial charge in [-0.05, 0) is 24.3 Å². The lowest BCUT2D eigenvalue weighted by Gasteiger charge is -2.30. The monoisotopic (exact) mass is 372 g/mol. The van der Waals surface area contributed by atoms with Crippen LogP contribution in [-0.2, 0) is 9.53 Å². The highest BCUT2D eigenvalue weighted by Crippen LogP contribution is 2.39. The maximum Gasteiger partial charge on any atom is 0.290 e. The lowest BCUT2D eigenvalue weighted by Crippen LogP contribution is -2.43. The zero-order chi connectivity index (χ0) is 18.8. The van der Waals surface area contributed by atoms with Crippen molar-refractivity contribution in [3.8, 4) is 0 Å². The molecular formula is C19H20N2O6. The van der Waals surface area contributed by atoms with E-state index in [1.54, 1.807) is 18.2 Å². The molecule has 27 heavy (non-hydrogen) atoms.